The van der Waals surface area contributed by atoms with Gasteiger partial charge in [-0.15, -0.1) is 0 Å². The van der Waals surface area contributed by atoms with Crippen molar-refractivity contribution in [2.24, 2.45) is 0 Å². The minimum atomic E-state index is -0.0210. The fourth-order valence-corrected chi connectivity index (χ4v) is 3.66. The number of amides is 1. The minimum Gasteiger partial charge on any atom is -0.308 e. The van der Waals surface area contributed by atoms with E-state index in [4.69, 9.17) is 0 Å². The Morgan fingerprint density at radius 3 is 2.65 bits per heavy atom. The molecule has 0 fully saturated rings. The van der Waals surface area contributed by atoms with Gasteiger partial charge in [0.05, 0.1) is 11.3 Å². The van der Waals surface area contributed by atoms with E-state index in [1.807, 2.05) is 41.8 Å². The molecule has 4 rings (SSSR count). The Kier molecular flexibility index (Phi) is 3.87. The molecule has 2 aromatic heterocycles. The summed E-state index contributed by atoms with van der Waals surface area (Å²) in [5, 5.41) is 0. The van der Waals surface area contributed by atoms with Crippen LogP contribution in [-0.2, 0) is 12.8 Å². The number of imidazole rings is 1. The second kappa shape index (κ2) is 6.09. The summed E-state index contributed by atoms with van der Waals surface area (Å²) in [5.74, 6) is 0.0257. The Bertz CT molecular complexity index is 1050. The first-order valence-electron chi connectivity index (χ1n) is 8.93. The molecule has 0 unspecified atom stereocenters. The van der Waals surface area contributed by atoms with E-state index in [9.17, 15) is 9.59 Å². The molecule has 1 aromatic carbocycles. The van der Waals surface area contributed by atoms with Crippen LogP contribution in [0.4, 0.5) is 5.69 Å². The molecule has 132 valence electrons. The van der Waals surface area contributed by atoms with E-state index in [1.165, 1.54) is 0 Å². The lowest BCUT2D eigenvalue weighted by atomic mass is 10.1. The van der Waals surface area contributed by atoms with E-state index in [2.05, 4.69) is 11.9 Å². The molecule has 0 N–H and O–H groups in total. The summed E-state index contributed by atoms with van der Waals surface area (Å²) >= 11 is 0. The van der Waals surface area contributed by atoms with Gasteiger partial charge in [0.2, 0.25) is 0 Å². The number of nitrogens with zero attached hydrogens (tertiary/aromatic N) is 3. The number of hydrogen-bond donors (Lipinski definition) is 0. The topological polar surface area (TPSA) is 54.7 Å². The number of pyridine rings is 1. The summed E-state index contributed by atoms with van der Waals surface area (Å²) in [4.78, 5) is 31.1. The van der Waals surface area contributed by atoms with E-state index >= 15 is 0 Å². The Morgan fingerprint density at radius 2 is 1.92 bits per heavy atom. The molecule has 1 aliphatic rings. The van der Waals surface area contributed by atoms with Crippen LogP contribution in [0.15, 0.2) is 36.5 Å². The SMILES string of the molecule is CCc1nc2ccc(C(=O)N3CCc4cc(C(C)=O)ccc43)cn2c1C. The zero-order valence-electron chi connectivity index (χ0n) is 15.2. The van der Waals surface area contributed by atoms with Gasteiger partial charge in [-0.05, 0) is 62.6 Å². The molecule has 5 nitrogen and oxygen atoms in total. The molecule has 0 aliphatic carbocycles. The number of aryl methyl sites for hydroxylation is 2. The molecule has 0 radical (unpaired) electrons. The average Bonchev–Trinajstić information content (AvgIpc) is 3.21. The zero-order chi connectivity index (χ0) is 18.4. The van der Waals surface area contributed by atoms with Gasteiger partial charge < -0.3 is 9.30 Å². The van der Waals surface area contributed by atoms with E-state index in [0.717, 1.165) is 41.1 Å². The summed E-state index contributed by atoms with van der Waals surface area (Å²) < 4.78 is 1.99. The molecule has 3 heterocycles. The fraction of sp³-hybridized carbons (Fsp3) is 0.286. The second-order valence-electron chi connectivity index (χ2n) is 6.75. The number of aromatic nitrogens is 2. The van der Waals surface area contributed by atoms with E-state index in [1.54, 1.807) is 17.9 Å². The van der Waals surface area contributed by atoms with Crippen molar-refractivity contribution >= 4 is 23.0 Å². The number of fused-ring (bicyclic) bond motifs is 2. The van der Waals surface area contributed by atoms with Crippen molar-refractivity contribution in [1.82, 2.24) is 9.38 Å². The number of benzene rings is 1. The lowest BCUT2D eigenvalue weighted by molar-refractivity contribution is 0.0987. The van der Waals surface area contributed by atoms with Gasteiger partial charge in [0, 0.05) is 29.7 Å². The second-order valence-corrected chi connectivity index (χ2v) is 6.75. The van der Waals surface area contributed by atoms with E-state index in [0.29, 0.717) is 17.7 Å². The van der Waals surface area contributed by atoms with Crippen LogP contribution in [0.2, 0.25) is 0 Å². The van der Waals surface area contributed by atoms with Gasteiger partial charge in [-0.3, -0.25) is 9.59 Å². The van der Waals surface area contributed by atoms with Gasteiger partial charge in [-0.1, -0.05) is 6.92 Å². The lowest BCUT2D eigenvalue weighted by Gasteiger charge is -2.18. The number of rotatable bonds is 3. The first-order chi connectivity index (χ1) is 12.5. The Labute approximate surface area is 152 Å². The van der Waals surface area contributed by atoms with Crippen molar-refractivity contribution < 1.29 is 9.59 Å². The van der Waals surface area contributed by atoms with Crippen molar-refractivity contribution in [1.29, 1.82) is 0 Å². The van der Waals surface area contributed by atoms with Gasteiger partial charge in [0.25, 0.3) is 5.91 Å². The molecule has 3 aromatic rings. The monoisotopic (exact) mass is 347 g/mol. The normalized spacial score (nSPS) is 13.3. The van der Waals surface area contributed by atoms with E-state index < -0.39 is 0 Å². The smallest absolute Gasteiger partial charge is 0.259 e. The van der Waals surface area contributed by atoms with Gasteiger partial charge in [0.15, 0.2) is 5.78 Å². The maximum Gasteiger partial charge on any atom is 0.259 e. The third-order valence-electron chi connectivity index (χ3n) is 5.16. The predicted molar refractivity (Wildman–Crippen MR) is 101 cm³/mol. The van der Waals surface area contributed by atoms with Crippen LogP contribution >= 0.6 is 0 Å². The van der Waals surface area contributed by atoms with Gasteiger partial charge >= 0.3 is 0 Å². The number of anilines is 1. The number of carbonyl (C=O) groups is 2. The van der Waals surface area contributed by atoms with Crippen LogP contribution in [0.25, 0.3) is 5.65 Å². The molecule has 0 atom stereocenters. The van der Waals surface area contributed by atoms with Gasteiger partial charge in [-0.2, -0.15) is 0 Å². The highest BCUT2D eigenvalue weighted by Crippen LogP contribution is 2.30. The van der Waals surface area contributed by atoms with Crippen molar-refractivity contribution in [3.8, 4) is 0 Å². The first-order valence-corrected chi connectivity index (χ1v) is 8.93. The standard InChI is InChI=1S/C21H21N3O2/c1-4-18-13(2)24-12-17(6-8-20(24)22-18)21(26)23-10-9-16-11-15(14(3)25)5-7-19(16)23/h5-8,11-12H,4,9-10H2,1-3H3. The van der Waals surface area contributed by atoms with Crippen LogP contribution in [0.1, 0.15) is 51.5 Å². The van der Waals surface area contributed by atoms with Crippen LogP contribution < -0.4 is 4.90 Å². The molecule has 0 spiro atoms. The molecular weight excluding hydrogens is 326 g/mol. The minimum absolute atomic E-state index is 0.0210. The highest BCUT2D eigenvalue weighted by atomic mass is 16.2. The Balaban J connectivity index is 1.70. The molecule has 0 saturated carbocycles. The molecule has 0 bridgehead atoms. The summed E-state index contributed by atoms with van der Waals surface area (Å²) in [7, 11) is 0. The van der Waals surface area contributed by atoms with Crippen molar-refractivity contribution in [2.75, 3.05) is 11.4 Å². The predicted octanol–water partition coefficient (Wildman–Crippen LogP) is 3.61. The molecule has 1 amide bonds. The quantitative estimate of drug-likeness (QED) is 0.680. The van der Waals surface area contributed by atoms with Crippen LogP contribution in [-0.4, -0.2) is 27.6 Å². The number of carbonyl (C=O) groups excluding carboxylic acids is 2. The maximum atomic E-state index is 13.1. The Morgan fingerprint density at radius 1 is 1.15 bits per heavy atom. The zero-order valence-corrected chi connectivity index (χ0v) is 15.2. The lowest BCUT2D eigenvalue weighted by Crippen LogP contribution is -2.29. The van der Waals surface area contributed by atoms with E-state index in [-0.39, 0.29) is 11.7 Å². The fourth-order valence-electron chi connectivity index (χ4n) is 3.66. The molecule has 1 aliphatic heterocycles. The average molecular weight is 347 g/mol. The van der Waals surface area contributed by atoms with Crippen LogP contribution in [0.3, 0.4) is 0 Å². The number of Topliss-reactive ketones (excluding diaryl/α,β-unsaturated/α-hetero) is 1. The van der Waals surface area contributed by atoms with Crippen molar-refractivity contribution in [3.63, 3.8) is 0 Å². The molecule has 0 saturated heterocycles. The van der Waals surface area contributed by atoms with Crippen molar-refractivity contribution in [2.45, 2.75) is 33.6 Å². The largest absolute Gasteiger partial charge is 0.308 e. The highest BCUT2D eigenvalue weighted by Gasteiger charge is 2.26. The van der Waals surface area contributed by atoms with Gasteiger partial charge in [0.1, 0.15) is 5.65 Å². The number of ketones is 1. The first kappa shape index (κ1) is 16.5. The molecular formula is C21H21N3O2. The summed E-state index contributed by atoms with van der Waals surface area (Å²) in [6, 6.07) is 9.32. The number of hydrogen-bond acceptors (Lipinski definition) is 3. The summed E-state index contributed by atoms with van der Waals surface area (Å²) in [5.41, 5.74) is 6.28. The third-order valence-corrected chi connectivity index (χ3v) is 5.16. The van der Waals surface area contributed by atoms with Crippen molar-refractivity contribution in [3.05, 3.63) is 64.6 Å². The van der Waals surface area contributed by atoms with Gasteiger partial charge in [-0.25, -0.2) is 4.98 Å². The summed E-state index contributed by atoms with van der Waals surface area (Å²) in [6.07, 6.45) is 3.52. The summed E-state index contributed by atoms with van der Waals surface area (Å²) in [6.45, 7) is 6.31. The maximum absolute atomic E-state index is 13.1. The molecule has 26 heavy (non-hydrogen) atoms. The van der Waals surface area contributed by atoms with Crippen LogP contribution in [0, 0.1) is 6.92 Å². The highest BCUT2D eigenvalue weighted by molar-refractivity contribution is 6.07. The third kappa shape index (κ3) is 2.51. The molecule has 5 heteroatoms. The Hall–Kier alpha value is -2.95. The van der Waals surface area contributed by atoms with Crippen LogP contribution in [0.5, 0.6) is 0 Å².